The number of halogens is 2. The normalized spacial score (nSPS) is 18.3. The van der Waals surface area contributed by atoms with E-state index in [-0.39, 0.29) is 22.2 Å². The quantitative estimate of drug-likeness (QED) is 0.917. The summed E-state index contributed by atoms with van der Waals surface area (Å²) < 4.78 is 24.2. The van der Waals surface area contributed by atoms with Gasteiger partial charge in [-0.2, -0.15) is 0 Å². The van der Waals surface area contributed by atoms with Crippen LogP contribution in [-0.2, 0) is 5.41 Å². The second-order valence-corrected chi connectivity index (χ2v) is 5.14. The summed E-state index contributed by atoms with van der Waals surface area (Å²) in [6, 6.07) is 1.56. The minimum atomic E-state index is -0.597. The molecule has 2 N–H and O–H groups in total. The van der Waals surface area contributed by atoms with Gasteiger partial charge in [-0.3, -0.25) is 0 Å². The molecule has 5 heteroatoms. The number of hydrogen-bond acceptors (Lipinski definition) is 3. The van der Waals surface area contributed by atoms with Crippen LogP contribution < -0.4 is 15.2 Å². The van der Waals surface area contributed by atoms with Crippen molar-refractivity contribution in [2.75, 3.05) is 14.2 Å². The molecule has 0 aliphatic heterocycles. The Morgan fingerprint density at radius 1 is 1.33 bits per heavy atom. The molecule has 100 valence electrons. The third-order valence-electron chi connectivity index (χ3n) is 3.74. The van der Waals surface area contributed by atoms with Crippen molar-refractivity contribution in [3.63, 3.8) is 0 Å². The predicted molar refractivity (Wildman–Crippen MR) is 69.1 cm³/mol. The van der Waals surface area contributed by atoms with Crippen molar-refractivity contribution in [1.82, 2.24) is 0 Å². The second kappa shape index (κ2) is 4.59. The summed E-state index contributed by atoms with van der Waals surface area (Å²) in [7, 11) is 2.89. The Labute approximate surface area is 111 Å². The Balaban J connectivity index is 2.64. The van der Waals surface area contributed by atoms with Crippen LogP contribution in [0.25, 0.3) is 0 Å². The summed E-state index contributed by atoms with van der Waals surface area (Å²) in [4.78, 5) is 0. The van der Waals surface area contributed by atoms with Crippen molar-refractivity contribution in [1.29, 1.82) is 0 Å². The SMILES string of the molecule is COc1c(C2(C(C)N)CC2)cc(Cl)c(F)c1OC. The van der Waals surface area contributed by atoms with Crippen LogP contribution in [0.2, 0.25) is 5.02 Å². The largest absolute Gasteiger partial charge is 0.492 e. The zero-order chi connectivity index (χ0) is 13.5. The predicted octanol–water partition coefficient (Wildman–Crippen LogP) is 2.88. The van der Waals surface area contributed by atoms with Crippen LogP contribution in [0.4, 0.5) is 4.39 Å². The lowest BCUT2D eigenvalue weighted by Gasteiger charge is -2.24. The van der Waals surface area contributed by atoms with E-state index in [0.29, 0.717) is 5.75 Å². The molecule has 1 unspecified atom stereocenters. The average Bonchev–Trinajstić information content (AvgIpc) is 3.13. The van der Waals surface area contributed by atoms with Crippen molar-refractivity contribution >= 4 is 11.6 Å². The molecule has 0 radical (unpaired) electrons. The molecule has 0 aromatic heterocycles. The highest BCUT2D eigenvalue weighted by Gasteiger charge is 2.50. The summed E-state index contributed by atoms with van der Waals surface area (Å²) in [6.45, 7) is 1.94. The number of hydrogen-bond donors (Lipinski definition) is 1. The number of nitrogens with two attached hydrogens (primary N) is 1. The average molecular weight is 274 g/mol. The van der Waals surface area contributed by atoms with Crippen molar-refractivity contribution in [3.05, 3.63) is 22.5 Å². The van der Waals surface area contributed by atoms with Crippen LogP contribution in [-0.4, -0.2) is 20.3 Å². The van der Waals surface area contributed by atoms with Crippen molar-refractivity contribution in [3.8, 4) is 11.5 Å². The summed E-state index contributed by atoms with van der Waals surface area (Å²) in [5.74, 6) is -0.152. The van der Waals surface area contributed by atoms with E-state index in [4.69, 9.17) is 26.8 Å². The van der Waals surface area contributed by atoms with E-state index in [1.54, 1.807) is 6.07 Å². The van der Waals surface area contributed by atoms with Gasteiger partial charge in [0.2, 0.25) is 0 Å². The van der Waals surface area contributed by atoms with Crippen molar-refractivity contribution in [2.45, 2.75) is 31.2 Å². The fraction of sp³-hybridized carbons (Fsp3) is 0.538. The third-order valence-corrected chi connectivity index (χ3v) is 4.01. The molecule has 1 saturated carbocycles. The molecule has 1 aromatic rings. The third kappa shape index (κ3) is 1.84. The van der Waals surface area contributed by atoms with Gasteiger partial charge in [0.15, 0.2) is 17.3 Å². The van der Waals surface area contributed by atoms with Gasteiger partial charge in [0, 0.05) is 17.0 Å². The molecule has 0 heterocycles. The minimum absolute atomic E-state index is 0.0366. The molecule has 1 aliphatic carbocycles. The highest BCUT2D eigenvalue weighted by atomic mass is 35.5. The zero-order valence-corrected chi connectivity index (χ0v) is 11.5. The van der Waals surface area contributed by atoms with E-state index in [1.165, 1.54) is 14.2 Å². The number of benzene rings is 1. The fourth-order valence-corrected chi connectivity index (χ4v) is 2.64. The lowest BCUT2D eigenvalue weighted by atomic mass is 9.88. The standard InChI is InChI=1S/C13H17ClFNO2/c1-7(16)13(4-5-13)8-6-9(14)10(15)12(18-3)11(8)17-2/h6-7H,4-5,16H2,1-3H3. The summed E-state index contributed by atoms with van der Waals surface area (Å²) >= 11 is 5.91. The van der Waals surface area contributed by atoms with E-state index in [9.17, 15) is 4.39 Å². The topological polar surface area (TPSA) is 44.5 Å². The molecule has 3 nitrogen and oxygen atoms in total. The number of rotatable bonds is 4. The van der Waals surface area contributed by atoms with Gasteiger partial charge in [0.1, 0.15) is 0 Å². The van der Waals surface area contributed by atoms with E-state index in [0.717, 1.165) is 18.4 Å². The highest BCUT2D eigenvalue weighted by Crippen LogP contribution is 2.56. The Morgan fingerprint density at radius 2 is 1.89 bits per heavy atom. The molecule has 2 rings (SSSR count). The lowest BCUT2D eigenvalue weighted by molar-refractivity contribution is 0.330. The highest BCUT2D eigenvalue weighted by molar-refractivity contribution is 6.31. The molecule has 1 aliphatic rings. The van der Waals surface area contributed by atoms with Gasteiger partial charge in [-0.25, -0.2) is 4.39 Å². The molecular weight excluding hydrogens is 257 g/mol. The summed E-state index contributed by atoms with van der Waals surface area (Å²) in [5.41, 5.74) is 6.70. The fourth-order valence-electron chi connectivity index (χ4n) is 2.45. The molecule has 0 amide bonds. The van der Waals surface area contributed by atoms with Gasteiger partial charge in [-0.15, -0.1) is 0 Å². The maximum absolute atomic E-state index is 13.9. The molecule has 0 bridgehead atoms. The number of ether oxygens (including phenoxy) is 2. The van der Waals surface area contributed by atoms with Crippen LogP contribution in [0.15, 0.2) is 6.07 Å². The van der Waals surface area contributed by atoms with Gasteiger partial charge in [0.05, 0.1) is 19.2 Å². The summed E-state index contributed by atoms with van der Waals surface area (Å²) in [5, 5.41) is 0.0366. The Bertz CT molecular complexity index is 473. The maximum atomic E-state index is 13.9. The van der Waals surface area contributed by atoms with Gasteiger partial charge in [-0.1, -0.05) is 11.6 Å². The first-order chi connectivity index (χ1) is 8.47. The maximum Gasteiger partial charge on any atom is 0.198 e. The molecule has 1 fully saturated rings. The van der Waals surface area contributed by atoms with Gasteiger partial charge >= 0.3 is 0 Å². The first kappa shape index (κ1) is 13.4. The molecule has 1 aromatic carbocycles. The lowest BCUT2D eigenvalue weighted by Crippen LogP contribution is -2.32. The van der Waals surface area contributed by atoms with E-state index >= 15 is 0 Å². The Kier molecular flexibility index (Phi) is 3.43. The van der Waals surface area contributed by atoms with Crippen molar-refractivity contribution < 1.29 is 13.9 Å². The van der Waals surface area contributed by atoms with Crippen LogP contribution in [0.3, 0.4) is 0 Å². The number of methoxy groups -OCH3 is 2. The second-order valence-electron chi connectivity index (χ2n) is 4.73. The minimum Gasteiger partial charge on any atom is -0.492 e. The van der Waals surface area contributed by atoms with Crippen LogP contribution in [0.1, 0.15) is 25.3 Å². The first-order valence-electron chi connectivity index (χ1n) is 5.84. The van der Waals surface area contributed by atoms with Gasteiger partial charge in [-0.05, 0) is 25.8 Å². The Hall–Kier alpha value is -1.00. The van der Waals surface area contributed by atoms with E-state index in [2.05, 4.69) is 0 Å². The smallest absolute Gasteiger partial charge is 0.198 e. The van der Waals surface area contributed by atoms with Gasteiger partial charge in [0.25, 0.3) is 0 Å². The van der Waals surface area contributed by atoms with E-state index in [1.807, 2.05) is 6.92 Å². The van der Waals surface area contributed by atoms with E-state index < -0.39 is 5.82 Å². The zero-order valence-electron chi connectivity index (χ0n) is 10.7. The van der Waals surface area contributed by atoms with Crippen LogP contribution in [0, 0.1) is 5.82 Å². The molecule has 18 heavy (non-hydrogen) atoms. The Morgan fingerprint density at radius 3 is 2.28 bits per heavy atom. The molecule has 1 atom stereocenters. The van der Waals surface area contributed by atoms with Crippen LogP contribution >= 0.6 is 11.6 Å². The van der Waals surface area contributed by atoms with Crippen molar-refractivity contribution in [2.24, 2.45) is 5.73 Å². The molecule has 0 saturated heterocycles. The molecular formula is C13H17ClFNO2. The first-order valence-corrected chi connectivity index (χ1v) is 6.21. The van der Waals surface area contributed by atoms with Gasteiger partial charge < -0.3 is 15.2 Å². The monoisotopic (exact) mass is 273 g/mol. The molecule has 0 spiro atoms. The summed E-state index contributed by atoms with van der Waals surface area (Å²) in [6.07, 6.45) is 1.90. The van der Waals surface area contributed by atoms with Crippen LogP contribution in [0.5, 0.6) is 11.5 Å².